The van der Waals surface area contributed by atoms with E-state index in [4.69, 9.17) is 23.4 Å². The van der Waals surface area contributed by atoms with Gasteiger partial charge in [-0.3, -0.25) is 0 Å². The summed E-state index contributed by atoms with van der Waals surface area (Å²) < 4.78 is 27.8. The molecule has 0 amide bonds. The molecule has 0 aliphatic heterocycles. The smallest absolute Gasteiger partial charge is 0.343 e. The molecule has 0 N–H and O–H groups in total. The second kappa shape index (κ2) is 15.2. The van der Waals surface area contributed by atoms with Crippen molar-refractivity contribution in [1.29, 1.82) is 0 Å². The van der Waals surface area contributed by atoms with Crippen molar-refractivity contribution < 1.29 is 33.0 Å². The van der Waals surface area contributed by atoms with Gasteiger partial charge in [-0.1, -0.05) is 25.3 Å². The molecular weight excluding hydrogens is 508 g/mol. The van der Waals surface area contributed by atoms with E-state index in [1.807, 2.05) is 37.3 Å². The minimum Gasteiger partial charge on any atom is -0.493 e. The molecule has 7 heteroatoms. The van der Waals surface area contributed by atoms with Crippen molar-refractivity contribution in [3.63, 3.8) is 0 Å². The van der Waals surface area contributed by atoms with Crippen molar-refractivity contribution in [1.82, 2.24) is 0 Å². The third-order valence-corrected chi connectivity index (χ3v) is 5.95. The molecule has 40 heavy (non-hydrogen) atoms. The largest absolute Gasteiger partial charge is 0.493 e. The molecular formula is C33H36O7. The monoisotopic (exact) mass is 544 g/mol. The SMILES string of the molecule is C=Cc1oc(-c2ccc(OC(=O)c3ccc(OCCCCCCOC(=O)C(=C)C)c(OC)c3)cc2)cc1/C=C\C. The highest BCUT2D eigenvalue weighted by Gasteiger charge is 2.14. The fourth-order valence-corrected chi connectivity index (χ4v) is 3.83. The Morgan fingerprint density at radius 3 is 2.33 bits per heavy atom. The summed E-state index contributed by atoms with van der Waals surface area (Å²) in [5.41, 5.74) is 2.55. The first kappa shape index (κ1) is 30.0. The van der Waals surface area contributed by atoms with Crippen LogP contribution < -0.4 is 14.2 Å². The quantitative estimate of drug-likeness (QED) is 0.0832. The maximum Gasteiger partial charge on any atom is 0.343 e. The number of rotatable bonds is 15. The standard InChI is InChI=1S/C33H36O7/c1-6-12-25-21-30(40-28(25)7-2)24-13-16-27(17-14-24)39-33(35)26-15-18-29(31(22-26)36-5)37-19-10-8-9-11-20-38-32(34)23(3)4/h6-7,12-18,21-22H,2-3,8-11,19-20H2,1,4-5H3/b12-6-. The molecule has 0 bridgehead atoms. The molecule has 1 aromatic heterocycles. The van der Waals surface area contributed by atoms with E-state index in [-0.39, 0.29) is 5.97 Å². The molecule has 0 unspecified atom stereocenters. The van der Waals surface area contributed by atoms with Crippen LogP contribution in [-0.4, -0.2) is 32.3 Å². The van der Waals surface area contributed by atoms with E-state index in [0.717, 1.165) is 36.8 Å². The van der Waals surface area contributed by atoms with Crippen LogP contribution in [0.15, 0.2) is 77.8 Å². The summed E-state index contributed by atoms with van der Waals surface area (Å²) in [5.74, 6) is 1.94. The second-order valence-electron chi connectivity index (χ2n) is 9.09. The topological polar surface area (TPSA) is 84.2 Å². The molecule has 1 heterocycles. The lowest BCUT2D eigenvalue weighted by molar-refractivity contribution is -0.139. The number of ether oxygens (including phenoxy) is 4. The van der Waals surface area contributed by atoms with E-state index in [9.17, 15) is 9.59 Å². The van der Waals surface area contributed by atoms with Crippen molar-refractivity contribution in [2.24, 2.45) is 0 Å². The van der Waals surface area contributed by atoms with Crippen LogP contribution in [0.5, 0.6) is 17.2 Å². The van der Waals surface area contributed by atoms with Crippen LogP contribution in [0.2, 0.25) is 0 Å². The Morgan fingerprint density at radius 2 is 1.68 bits per heavy atom. The van der Waals surface area contributed by atoms with Gasteiger partial charge in [0.15, 0.2) is 11.5 Å². The van der Waals surface area contributed by atoms with Crippen LogP contribution in [0.4, 0.5) is 0 Å². The summed E-state index contributed by atoms with van der Waals surface area (Å²) >= 11 is 0. The number of esters is 2. The zero-order valence-corrected chi connectivity index (χ0v) is 23.4. The lowest BCUT2D eigenvalue weighted by Crippen LogP contribution is -2.09. The summed E-state index contributed by atoms with van der Waals surface area (Å²) in [4.78, 5) is 24.1. The first-order valence-electron chi connectivity index (χ1n) is 13.2. The van der Waals surface area contributed by atoms with Gasteiger partial charge in [0.05, 0.1) is 25.9 Å². The van der Waals surface area contributed by atoms with Gasteiger partial charge in [0, 0.05) is 16.7 Å². The van der Waals surface area contributed by atoms with E-state index in [0.29, 0.717) is 53.1 Å². The molecule has 0 aliphatic rings. The lowest BCUT2D eigenvalue weighted by Gasteiger charge is -2.12. The van der Waals surface area contributed by atoms with E-state index in [1.165, 1.54) is 7.11 Å². The van der Waals surface area contributed by atoms with E-state index in [2.05, 4.69) is 13.2 Å². The maximum atomic E-state index is 12.8. The summed E-state index contributed by atoms with van der Waals surface area (Å²) in [6.45, 7) is 11.8. The molecule has 2 aromatic carbocycles. The van der Waals surface area contributed by atoms with Crippen molar-refractivity contribution in [2.75, 3.05) is 20.3 Å². The minimum atomic E-state index is -0.507. The predicted octanol–water partition coefficient (Wildman–Crippen LogP) is 7.91. The van der Waals surface area contributed by atoms with Crippen molar-refractivity contribution in [3.05, 3.63) is 90.2 Å². The summed E-state index contributed by atoms with van der Waals surface area (Å²) in [5, 5.41) is 0. The number of benzene rings is 2. The third-order valence-electron chi connectivity index (χ3n) is 5.95. The molecule has 210 valence electrons. The Hall–Kier alpha value is -4.52. The Labute approximate surface area is 235 Å². The molecule has 0 aliphatic carbocycles. The van der Waals surface area contributed by atoms with Gasteiger partial charge >= 0.3 is 11.9 Å². The Balaban J connectivity index is 1.50. The summed E-state index contributed by atoms with van der Waals surface area (Å²) in [7, 11) is 1.52. The predicted molar refractivity (Wildman–Crippen MR) is 157 cm³/mol. The van der Waals surface area contributed by atoms with Crippen LogP contribution >= 0.6 is 0 Å². The van der Waals surface area contributed by atoms with E-state index < -0.39 is 5.97 Å². The number of hydrogen-bond donors (Lipinski definition) is 0. The number of unbranched alkanes of at least 4 members (excludes halogenated alkanes) is 3. The average Bonchev–Trinajstić information content (AvgIpc) is 3.37. The van der Waals surface area contributed by atoms with Crippen molar-refractivity contribution in [2.45, 2.75) is 39.5 Å². The highest BCUT2D eigenvalue weighted by Crippen LogP contribution is 2.31. The van der Waals surface area contributed by atoms with Gasteiger partial charge in [-0.2, -0.15) is 0 Å². The normalized spacial score (nSPS) is 10.8. The molecule has 0 fully saturated rings. The van der Waals surface area contributed by atoms with Gasteiger partial charge in [-0.15, -0.1) is 0 Å². The van der Waals surface area contributed by atoms with Gasteiger partial charge in [0.25, 0.3) is 0 Å². The lowest BCUT2D eigenvalue weighted by atomic mass is 10.1. The van der Waals surface area contributed by atoms with Crippen LogP contribution in [0, 0.1) is 0 Å². The summed E-state index contributed by atoms with van der Waals surface area (Å²) in [6, 6.07) is 14.0. The fourth-order valence-electron chi connectivity index (χ4n) is 3.83. The maximum absolute atomic E-state index is 12.8. The molecule has 0 spiro atoms. The fraction of sp³-hybridized carbons (Fsp3) is 0.273. The third kappa shape index (κ3) is 8.50. The minimum absolute atomic E-state index is 0.343. The molecule has 3 rings (SSSR count). The number of allylic oxidation sites excluding steroid dienone is 1. The van der Waals surface area contributed by atoms with Gasteiger partial charge < -0.3 is 23.4 Å². The first-order valence-corrected chi connectivity index (χ1v) is 13.2. The van der Waals surface area contributed by atoms with Crippen LogP contribution in [0.25, 0.3) is 23.5 Å². The number of methoxy groups -OCH3 is 1. The van der Waals surface area contributed by atoms with Gasteiger partial charge in [0.2, 0.25) is 0 Å². The Morgan fingerprint density at radius 1 is 0.950 bits per heavy atom. The highest BCUT2D eigenvalue weighted by molar-refractivity contribution is 5.92. The van der Waals surface area contributed by atoms with Crippen molar-refractivity contribution in [3.8, 4) is 28.6 Å². The molecule has 0 saturated heterocycles. The number of carbonyl (C=O) groups excluding carboxylic acids is 2. The molecule has 3 aromatic rings. The zero-order chi connectivity index (χ0) is 28.9. The zero-order valence-electron chi connectivity index (χ0n) is 23.4. The van der Waals surface area contributed by atoms with Crippen LogP contribution in [0.3, 0.4) is 0 Å². The average molecular weight is 545 g/mol. The van der Waals surface area contributed by atoms with Gasteiger partial charge in [-0.25, -0.2) is 9.59 Å². The molecule has 0 radical (unpaired) electrons. The Bertz CT molecular complexity index is 1350. The van der Waals surface area contributed by atoms with Gasteiger partial charge in [0.1, 0.15) is 17.3 Å². The highest BCUT2D eigenvalue weighted by atomic mass is 16.5. The first-order chi connectivity index (χ1) is 19.4. The van der Waals surface area contributed by atoms with Crippen molar-refractivity contribution >= 4 is 24.1 Å². The van der Waals surface area contributed by atoms with Crippen LogP contribution in [0.1, 0.15) is 61.2 Å². The van der Waals surface area contributed by atoms with Crippen LogP contribution in [-0.2, 0) is 9.53 Å². The van der Waals surface area contributed by atoms with Gasteiger partial charge in [-0.05, 0) is 94.1 Å². The number of furan rings is 1. The summed E-state index contributed by atoms with van der Waals surface area (Å²) in [6.07, 6.45) is 9.05. The molecule has 7 nitrogen and oxygen atoms in total. The van der Waals surface area contributed by atoms with E-state index >= 15 is 0 Å². The second-order valence-corrected chi connectivity index (χ2v) is 9.09. The van der Waals surface area contributed by atoms with E-state index in [1.54, 1.807) is 43.3 Å². The molecule has 0 saturated carbocycles. The number of carbonyl (C=O) groups is 2. The number of hydrogen-bond acceptors (Lipinski definition) is 7. The Kier molecular flexibility index (Phi) is 11.4. The molecule has 0 atom stereocenters.